The van der Waals surface area contributed by atoms with Gasteiger partial charge in [-0.3, -0.25) is 4.98 Å². The molecule has 0 unspecified atom stereocenters. The van der Waals surface area contributed by atoms with Crippen molar-refractivity contribution in [3.63, 3.8) is 0 Å². The summed E-state index contributed by atoms with van der Waals surface area (Å²) in [7, 11) is 0. The zero-order chi connectivity index (χ0) is 8.81. The number of aromatic nitrogens is 1. The van der Waals surface area contributed by atoms with Crippen LogP contribution in [0, 0.1) is 6.92 Å². The van der Waals surface area contributed by atoms with E-state index < -0.39 is 0 Å². The first-order chi connectivity index (χ1) is 5.84. The number of hydrogen-bond donors (Lipinski definition) is 0. The second-order valence-electron chi connectivity index (χ2n) is 3.26. The maximum absolute atomic E-state index is 4.07. The van der Waals surface area contributed by atoms with E-state index >= 15 is 0 Å². The van der Waals surface area contributed by atoms with Crippen molar-refractivity contribution >= 4 is 0 Å². The van der Waals surface area contributed by atoms with Gasteiger partial charge in [-0.2, -0.15) is 0 Å². The molecule has 12 heavy (non-hydrogen) atoms. The van der Waals surface area contributed by atoms with Crippen LogP contribution in [0.15, 0.2) is 18.5 Å². The van der Waals surface area contributed by atoms with Gasteiger partial charge in [0.2, 0.25) is 0 Å². The Balaban J connectivity index is 2.46. The van der Waals surface area contributed by atoms with Crippen molar-refractivity contribution in [3.8, 4) is 0 Å². The summed E-state index contributed by atoms with van der Waals surface area (Å²) >= 11 is 0. The third-order valence-corrected chi connectivity index (χ3v) is 2.19. The Morgan fingerprint density at radius 1 is 1.33 bits per heavy atom. The molecular weight excluding hydrogens is 146 g/mol. The van der Waals surface area contributed by atoms with E-state index in [2.05, 4.69) is 24.9 Å². The average Bonchev–Trinajstić information content (AvgIpc) is 2.09. The fraction of sp³-hybridized carbons (Fsp3) is 0.545. The van der Waals surface area contributed by atoms with Gasteiger partial charge >= 0.3 is 0 Å². The molecule has 0 aliphatic carbocycles. The first kappa shape index (κ1) is 9.24. The van der Waals surface area contributed by atoms with Gasteiger partial charge in [0.25, 0.3) is 0 Å². The molecule has 0 aliphatic rings. The summed E-state index contributed by atoms with van der Waals surface area (Å²) in [6.45, 7) is 4.37. The van der Waals surface area contributed by atoms with Gasteiger partial charge in [-0.05, 0) is 37.0 Å². The van der Waals surface area contributed by atoms with E-state index in [0.29, 0.717) is 0 Å². The van der Waals surface area contributed by atoms with Crippen LogP contribution in [0.1, 0.15) is 37.3 Å². The molecule has 1 heterocycles. The molecule has 0 fully saturated rings. The maximum Gasteiger partial charge on any atom is 0.0299 e. The van der Waals surface area contributed by atoms with Crippen LogP contribution in [0.4, 0.5) is 0 Å². The highest BCUT2D eigenvalue weighted by Gasteiger charge is 1.95. The molecule has 0 radical (unpaired) electrons. The van der Waals surface area contributed by atoms with Gasteiger partial charge < -0.3 is 0 Å². The van der Waals surface area contributed by atoms with Crippen molar-refractivity contribution in [1.82, 2.24) is 4.98 Å². The lowest BCUT2D eigenvalue weighted by molar-refractivity contribution is 0.715. The van der Waals surface area contributed by atoms with E-state index in [9.17, 15) is 0 Å². The lowest BCUT2D eigenvalue weighted by Crippen LogP contribution is -1.90. The van der Waals surface area contributed by atoms with Crippen molar-refractivity contribution in [1.29, 1.82) is 0 Å². The van der Waals surface area contributed by atoms with E-state index in [1.54, 1.807) is 0 Å². The molecule has 0 aliphatic heterocycles. The summed E-state index contributed by atoms with van der Waals surface area (Å²) in [6, 6.07) is 2.13. The van der Waals surface area contributed by atoms with Crippen LogP contribution in [0.2, 0.25) is 0 Å². The average molecular weight is 163 g/mol. The van der Waals surface area contributed by atoms with Gasteiger partial charge in [-0.25, -0.2) is 0 Å². The van der Waals surface area contributed by atoms with E-state index in [1.165, 1.54) is 36.8 Å². The van der Waals surface area contributed by atoms with Crippen molar-refractivity contribution in [2.45, 2.75) is 39.5 Å². The predicted octanol–water partition coefficient (Wildman–Crippen LogP) is 3.12. The van der Waals surface area contributed by atoms with Gasteiger partial charge in [-0.15, -0.1) is 0 Å². The first-order valence-corrected chi connectivity index (χ1v) is 4.74. The quantitative estimate of drug-likeness (QED) is 0.621. The number of unbranched alkanes of at least 4 members (excludes halogenated alkanes) is 2. The van der Waals surface area contributed by atoms with Crippen LogP contribution in [0.5, 0.6) is 0 Å². The molecule has 0 saturated heterocycles. The van der Waals surface area contributed by atoms with E-state index in [4.69, 9.17) is 0 Å². The molecule has 1 rings (SSSR count). The van der Waals surface area contributed by atoms with E-state index in [-0.39, 0.29) is 0 Å². The molecule has 66 valence electrons. The van der Waals surface area contributed by atoms with Crippen molar-refractivity contribution in [2.75, 3.05) is 0 Å². The third kappa shape index (κ3) is 2.65. The van der Waals surface area contributed by atoms with Crippen LogP contribution in [-0.4, -0.2) is 4.98 Å². The van der Waals surface area contributed by atoms with Gasteiger partial charge in [0.15, 0.2) is 0 Å². The fourth-order valence-electron chi connectivity index (χ4n) is 1.35. The Morgan fingerprint density at radius 2 is 2.17 bits per heavy atom. The minimum absolute atomic E-state index is 1.21. The number of rotatable bonds is 4. The summed E-state index contributed by atoms with van der Waals surface area (Å²) in [5.74, 6) is 0. The standard InChI is InChI=1S/C11H17N/c1-3-4-5-6-11-7-8-12-9-10(11)2/h7-9H,3-6H2,1-2H3. The monoisotopic (exact) mass is 163 g/mol. The lowest BCUT2D eigenvalue weighted by Gasteiger charge is -2.03. The minimum atomic E-state index is 1.21. The third-order valence-electron chi connectivity index (χ3n) is 2.19. The molecule has 1 aromatic heterocycles. The second-order valence-corrected chi connectivity index (χ2v) is 3.26. The second kappa shape index (κ2) is 4.91. The molecule has 0 atom stereocenters. The first-order valence-electron chi connectivity index (χ1n) is 4.74. The van der Waals surface area contributed by atoms with E-state index in [0.717, 1.165) is 0 Å². The van der Waals surface area contributed by atoms with Crippen LogP contribution < -0.4 is 0 Å². The fourth-order valence-corrected chi connectivity index (χ4v) is 1.35. The number of nitrogens with zero attached hydrogens (tertiary/aromatic N) is 1. The Hall–Kier alpha value is -0.850. The molecular formula is C11H17N. The lowest BCUT2D eigenvalue weighted by atomic mass is 10.0. The number of pyridine rings is 1. The summed E-state index contributed by atoms with van der Waals surface area (Å²) < 4.78 is 0. The topological polar surface area (TPSA) is 12.9 Å². The van der Waals surface area contributed by atoms with Crippen LogP contribution in [-0.2, 0) is 6.42 Å². The minimum Gasteiger partial charge on any atom is -0.264 e. The van der Waals surface area contributed by atoms with Crippen molar-refractivity contribution < 1.29 is 0 Å². The van der Waals surface area contributed by atoms with Crippen molar-refractivity contribution in [3.05, 3.63) is 29.6 Å². The molecule has 0 spiro atoms. The summed E-state index contributed by atoms with van der Waals surface area (Å²) in [5.41, 5.74) is 2.78. The molecule has 0 N–H and O–H groups in total. The molecule has 1 heteroatoms. The number of hydrogen-bond acceptors (Lipinski definition) is 1. The molecule has 1 aromatic rings. The number of aryl methyl sites for hydroxylation is 2. The van der Waals surface area contributed by atoms with Crippen LogP contribution >= 0.6 is 0 Å². The SMILES string of the molecule is CCCCCc1ccncc1C. The van der Waals surface area contributed by atoms with Crippen molar-refractivity contribution in [2.24, 2.45) is 0 Å². The van der Waals surface area contributed by atoms with Gasteiger partial charge in [-0.1, -0.05) is 19.8 Å². The van der Waals surface area contributed by atoms with Gasteiger partial charge in [0.1, 0.15) is 0 Å². The predicted molar refractivity (Wildman–Crippen MR) is 52.2 cm³/mol. The van der Waals surface area contributed by atoms with Crippen LogP contribution in [0.25, 0.3) is 0 Å². The van der Waals surface area contributed by atoms with Crippen LogP contribution in [0.3, 0.4) is 0 Å². The van der Waals surface area contributed by atoms with E-state index in [1.807, 2.05) is 12.4 Å². The summed E-state index contributed by atoms with van der Waals surface area (Å²) in [5, 5.41) is 0. The Bertz CT molecular complexity index is 230. The van der Waals surface area contributed by atoms with Gasteiger partial charge in [0.05, 0.1) is 0 Å². The molecule has 1 nitrogen and oxygen atoms in total. The Kier molecular flexibility index (Phi) is 3.78. The summed E-state index contributed by atoms with van der Waals surface area (Å²) in [6.07, 6.45) is 8.98. The zero-order valence-corrected chi connectivity index (χ0v) is 8.01. The molecule has 0 amide bonds. The maximum atomic E-state index is 4.07. The highest BCUT2D eigenvalue weighted by atomic mass is 14.6. The molecule has 0 aromatic carbocycles. The highest BCUT2D eigenvalue weighted by Crippen LogP contribution is 2.09. The molecule has 0 saturated carbocycles. The largest absolute Gasteiger partial charge is 0.264 e. The normalized spacial score (nSPS) is 10.2. The zero-order valence-electron chi connectivity index (χ0n) is 8.01. The smallest absolute Gasteiger partial charge is 0.0299 e. The van der Waals surface area contributed by atoms with Gasteiger partial charge in [0, 0.05) is 12.4 Å². The highest BCUT2D eigenvalue weighted by molar-refractivity contribution is 5.21. The Morgan fingerprint density at radius 3 is 2.83 bits per heavy atom. The Labute approximate surface area is 74.8 Å². The molecule has 0 bridgehead atoms. The summed E-state index contributed by atoms with van der Waals surface area (Å²) in [4.78, 5) is 4.07.